The molecule has 1 rings (SSSR count). The molecule has 1 fully saturated rings. The van der Waals surface area contributed by atoms with Crippen molar-refractivity contribution in [3.05, 3.63) is 0 Å². The van der Waals surface area contributed by atoms with Gasteiger partial charge in [-0.25, -0.2) is 0 Å². The van der Waals surface area contributed by atoms with Crippen LogP contribution in [0.15, 0.2) is 0 Å². The molecule has 0 aliphatic carbocycles. The van der Waals surface area contributed by atoms with Crippen LogP contribution in [0.1, 0.15) is 39.5 Å². The molecule has 0 aromatic carbocycles. The van der Waals surface area contributed by atoms with Crippen LogP contribution in [0.4, 0.5) is 0 Å². The molecule has 0 amide bonds. The molecule has 4 atom stereocenters. The van der Waals surface area contributed by atoms with Crippen molar-refractivity contribution in [2.45, 2.75) is 56.6 Å². The van der Waals surface area contributed by atoms with Crippen LogP contribution in [-0.4, -0.2) is 39.3 Å². The van der Waals surface area contributed by atoms with E-state index >= 15 is 0 Å². The fourth-order valence-corrected chi connectivity index (χ4v) is 2.64. The van der Waals surface area contributed by atoms with Gasteiger partial charge in [0.25, 0.3) is 0 Å². The first kappa shape index (κ1) is 13.0. The molecule has 3 nitrogen and oxygen atoms in total. The number of rotatable bonds is 5. The number of carbonyl (C=O) groups is 1. The number of carbonyl (C=O) groups excluding carboxylic acids is 1. The minimum absolute atomic E-state index is 0.00845. The van der Waals surface area contributed by atoms with Crippen molar-refractivity contribution in [1.82, 2.24) is 0 Å². The molecule has 0 bridgehead atoms. The standard InChI is InChI=1S/C11H19O3Se/c1-3-4-5-6-8(12)9-10(15)7(2)14-11(9)13/h7-10,12H,3-6H2,1-2H3. The molecule has 1 radical (unpaired) electrons. The van der Waals surface area contributed by atoms with Crippen molar-refractivity contribution >= 4 is 22.0 Å². The molecule has 0 saturated carbocycles. The van der Waals surface area contributed by atoms with Gasteiger partial charge >= 0.3 is 99.1 Å². The maximum absolute atomic E-state index is 11.5. The molecule has 0 aromatic heterocycles. The summed E-state index contributed by atoms with van der Waals surface area (Å²) in [6.07, 6.45) is 3.23. The van der Waals surface area contributed by atoms with Crippen molar-refractivity contribution in [1.29, 1.82) is 0 Å². The van der Waals surface area contributed by atoms with Gasteiger partial charge in [0.1, 0.15) is 0 Å². The van der Waals surface area contributed by atoms with E-state index in [2.05, 4.69) is 22.9 Å². The maximum atomic E-state index is 11.5. The Morgan fingerprint density at radius 1 is 1.53 bits per heavy atom. The molecule has 1 aliphatic heterocycles. The Morgan fingerprint density at radius 2 is 2.20 bits per heavy atom. The van der Waals surface area contributed by atoms with Crippen LogP contribution in [0.5, 0.6) is 0 Å². The number of cyclic esters (lactones) is 1. The second-order valence-corrected chi connectivity index (χ2v) is 5.34. The van der Waals surface area contributed by atoms with Gasteiger partial charge in [-0.2, -0.15) is 0 Å². The number of aliphatic hydroxyl groups is 1. The van der Waals surface area contributed by atoms with Crippen LogP contribution in [0.2, 0.25) is 4.82 Å². The van der Waals surface area contributed by atoms with E-state index in [1.807, 2.05) is 6.92 Å². The molecule has 0 spiro atoms. The Kier molecular flexibility index (Phi) is 5.10. The van der Waals surface area contributed by atoms with Gasteiger partial charge in [0, 0.05) is 0 Å². The molecule has 15 heavy (non-hydrogen) atoms. The fourth-order valence-electron chi connectivity index (χ4n) is 1.91. The van der Waals surface area contributed by atoms with E-state index in [-0.39, 0.29) is 22.8 Å². The molecule has 1 heterocycles. The number of hydrogen-bond acceptors (Lipinski definition) is 3. The van der Waals surface area contributed by atoms with Gasteiger partial charge in [-0.3, -0.25) is 0 Å². The van der Waals surface area contributed by atoms with Crippen molar-refractivity contribution in [3.8, 4) is 0 Å². The summed E-state index contributed by atoms with van der Waals surface area (Å²) < 4.78 is 5.08. The Morgan fingerprint density at radius 3 is 2.67 bits per heavy atom. The van der Waals surface area contributed by atoms with Crippen LogP contribution in [-0.2, 0) is 9.53 Å². The molecular weight excluding hydrogens is 259 g/mol. The number of esters is 1. The second kappa shape index (κ2) is 5.88. The third-order valence-corrected chi connectivity index (χ3v) is 4.33. The van der Waals surface area contributed by atoms with E-state index in [1.54, 1.807) is 0 Å². The Balaban J connectivity index is 2.44. The summed E-state index contributed by atoms with van der Waals surface area (Å²) in [5, 5.41) is 9.91. The van der Waals surface area contributed by atoms with Gasteiger partial charge in [-0.1, -0.05) is 0 Å². The predicted octanol–water partition coefficient (Wildman–Crippen LogP) is 1.45. The molecule has 0 aromatic rings. The van der Waals surface area contributed by atoms with Gasteiger partial charge in [0.15, 0.2) is 0 Å². The van der Waals surface area contributed by atoms with E-state index < -0.39 is 6.10 Å². The first-order valence-electron chi connectivity index (χ1n) is 5.62. The summed E-state index contributed by atoms with van der Waals surface area (Å²) in [7, 11) is 0. The van der Waals surface area contributed by atoms with Gasteiger partial charge in [0.05, 0.1) is 0 Å². The zero-order valence-electron chi connectivity index (χ0n) is 9.31. The number of ether oxygens (including phenoxy) is 1. The summed E-state index contributed by atoms with van der Waals surface area (Å²) in [6, 6.07) is 0. The summed E-state index contributed by atoms with van der Waals surface area (Å²) in [5.74, 6) is -0.618. The normalized spacial score (nSPS) is 32.8. The van der Waals surface area contributed by atoms with Crippen LogP contribution in [0.25, 0.3) is 0 Å². The third kappa shape index (κ3) is 3.20. The van der Waals surface area contributed by atoms with Gasteiger partial charge in [0.2, 0.25) is 0 Å². The molecule has 1 aliphatic rings. The van der Waals surface area contributed by atoms with E-state index in [0.717, 1.165) is 19.3 Å². The van der Waals surface area contributed by atoms with Crippen molar-refractivity contribution in [2.75, 3.05) is 0 Å². The van der Waals surface area contributed by atoms with Crippen LogP contribution in [0, 0.1) is 5.92 Å². The van der Waals surface area contributed by atoms with Crippen molar-refractivity contribution in [3.63, 3.8) is 0 Å². The second-order valence-electron chi connectivity index (χ2n) is 4.20. The Hall–Kier alpha value is -0.0505. The van der Waals surface area contributed by atoms with Crippen molar-refractivity contribution < 1.29 is 14.6 Å². The molecule has 4 unspecified atom stereocenters. The van der Waals surface area contributed by atoms with Crippen molar-refractivity contribution in [2.24, 2.45) is 5.92 Å². The molecule has 1 saturated heterocycles. The SMILES string of the molecule is CCCCCC(O)C1C(=O)OC(C)C1[Se]. The molecular formula is C11H19O3Se. The minimum atomic E-state index is -0.555. The van der Waals surface area contributed by atoms with Crippen LogP contribution < -0.4 is 0 Å². The number of unbranched alkanes of at least 4 members (excludes halogenated alkanes) is 2. The van der Waals surface area contributed by atoms with Gasteiger partial charge < -0.3 is 0 Å². The Bertz CT molecular complexity index is 220. The van der Waals surface area contributed by atoms with E-state index in [0.29, 0.717) is 6.42 Å². The number of aliphatic hydroxyl groups excluding tert-OH is 1. The van der Waals surface area contributed by atoms with Gasteiger partial charge in [-0.05, 0) is 0 Å². The molecule has 87 valence electrons. The fraction of sp³-hybridized carbons (Fsp3) is 0.909. The van der Waals surface area contributed by atoms with Crippen LogP contribution in [0.3, 0.4) is 0 Å². The summed E-state index contributed by atoms with van der Waals surface area (Å²) >= 11 is 2.93. The topological polar surface area (TPSA) is 46.5 Å². The Labute approximate surface area is 99.4 Å². The average Bonchev–Trinajstić information content (AvgIpc) is 2.41. The van der Waals surface area contributed by atoms with Crippen LogP contribution >= 0.6 is 0 Å². The first-order valence-corrected chi connectivity index (χ1v) is 6.61. The summed E-state index contributed by atoms with van der Waals surface area (Å²) in [5.41, 5.74) is 0. The quantitative estimate of drug-likeness (QED) is 0.470. The zero-order chi connectivity index (χ0) is 11.4. The van der Waals surface area contributed by atoms with E-state index in [9.17, 15) is 9.90 Å². The monoisotopic (exact) mass is 279 g/mol. The number of hydrogen-bond donors (Lipinski definition) is 1. The summed E-state index contributed by atoms with van der Waals surface area (Å²) in [6.45, 7) is 3.98. The predicted molar refractivity (Wildman–Crippen MR) is 58.7 cm³/mol. The zero-order valence-corrected chi connectivity index (χ0v) is 11.0. The first-order chi connectivity index (χ1) is 7.07. The van der Waals surface area contributed by atoms with E-state index in [1.165, 1.54) is 0 Å². The summed E-state index contributed by atoms with van der Waals surface area (Å²) in [4.78, 5) is 11.5. The van der Waals surface area contributed by atoms with Gasteiger partial charge in [-0.15, -0.1) is 0 Å². The third-order valence-electron chi connectivity index (χ3n) is 2.91. The van der Waals surface area contributed by atoms with E-state index in [4.69, 9.17) is 4.74 Å². The average molecular weight is 278 g/mol. The molecule has 1 N–H and O–H groups in total. The molecule has 4 heteroatoms.